The Kier molecular flexibility index (Phi) is 8.70. The molecule has 0 heterocycles. The largest absolute Gasteiger partial charge is 0.349 e. The van der Waals surface area contributed by atoms with Crippen LogP contribution in [-0.2, 0) is 9.59 Å². The molecule has 0 saturated carbocycles. The third-order valence-corrected chi connectivity index (χ3v) is 3.94. The average molecular weight is 360 g/mol. The van der Waals surface area contributed by atoms with Gasteiger partial charge in [-0.05, 0) is 32.9 Å². The molecule has 3 N–H and O–H groups in total. The number of nitrogens with one attached hydrogen (secondary N) is 3. The predicted molar refractivity (Wildman–Crippen MR) is 91.4 cm³/mol. The Labute approximate surface area is 145 Å². The molecule has 0 fully saturated rings. The summed E-state index contributed by atoms with van der Waals surface area (Å²) in [6.07, 6.45) is 0. The van der Waals surface area contributed by atoms with Crippen molar-refractivity contribution in [2.24, 2.45) is 0 Å². The van der Waals surface area contributed by atoms with E-state index >= 15 is 0 Å². The number of quaternary nitrogens is 1. The summed E-state index contributed by atoms with van der Waals surface area (Å²) >= 11 is 0.390. The third-order valence-electron chi connectivity index (χ3n) is 3.15. The highest BCUT2D eigenvalue weighted by Crippen LogP contribution is 2.31. The smallest absolute Gasteiger partial charge is 0.288 e. The van der Waals surface area contributed by atoms with E-state index in [9.17, 15) is 18.4 Å². The van der Waals surface area contributed by atoms with E-state index in [1.54, 1.807) is 18.2 Å². The molecule has 0 saturated heterocycles. The molecule has 1 rings (SSSR count). The van der Waals surface area contributed by atoms with Gasteiger partial charge in [0.2, 0.25) is 0 Å². The maximum Gasteiger partial charge on any atom is 0.288 e. The molecule has 24 heavy (non-hydrogen) atoms. The van der Waals surface area contributed by atoms with Gasteiger partial charge in [-0.15, -0.1) is 0 Å². The monoisotopic (exact) mass is 360 g/mol. The van der Waals surface area contributed by atoms with E-state index in [-0.39, 0.29) is 30.9 Å². The summed E-state index contributed by atoms with van der Waals surface area (Å²) in [4.78, 5) is 25.1. The number of rotatable bonds is 9. The number of hydrogen-bond donors (Lipinski definition) is 3. The Morgan fingerprint density at radius 3 is 2.38 bits per heavy atom. The van der Waals surface area contributed by atoms with Gasteiger partial charge in [-0.1, -0.05) is 23.9 Å². The van der Waals surface area contributed by atoms with Gasteiger partial charge in [0.05, 0.1) is 12.2 Å². The minimum atomic E-state index is -2.56. The molecule has 0 bridgehead atoms. The molecule has 0 aromatic heterocycles. The van der Waals surface area contributed by atoms with Crippen LogP contribution in [0.2, 0.25) is 0 Å². The van der Waals surface area contributed by atoms with E-state index in [0.29, 0.717) is 28.9 Å². The maximum atomic E-state index is 12.6. The lowest BCUT2D eigenvalue weighted by Crippen LogP contribution is -3.14. The summed E-state index contributed by atoms with van der Waals surface area (Å²) in [5, 5.41) is 5.43. The maximum absolute atomic E-state index is 12.6. The van der Waals surface area contributed by atoms with Gasteiger partial charge in [-0.25, -0.2) is 0 Å². The Bertz CT molecular complexity index is 556. The molecule has 1 aromatic rings. The lowest BCUT2D eigenvalue weighted by molar-refractivity contribution is -0.881. The van der Waals surface area contributed by atoms with E-state index in [1.165, 1.54) is 6.07 Å². The van der Waals surface area contributed by atoms with Crippen LogP contribution in [0.4, 0.5) is 14.5 Å². The van der Waals surface area contributed by atoms with Crippen LogP contribution in [0.3, 0.4) is 0 Å². The minimum Gasteiger partial charge on any atom is -0.349 e. The van der Waals surface area contributed by atoms with Crippen LogP contribution in [0.5, 0.6) is 0 Å². The van der Waals surface area contributed by atoms with Crippen LogP contribution in [0.15, 0.2) is 29.2 Å². The normalized spacial score (nSPS) is 12.3. The summed E-state index contributed by atoms with van der Waals surface area (Å²) in [7, 11) is 0. The molecule has 2 amide bonds. The van der Waals surface area contributed by atoms with Crippen molar-refractivity contribution in [2.45, 2.75) is 37.5 Å². The average Bonchev–Trinajstić information content (AvgIpc) is 2.47. The van der Waals surface area contributed by atoms with Crippen molar-refractivity contribution < 1.29 is 23.3 Å². The molecule has 0 aliphatic rings. The molecule has 0 aliphatic heterocycles. The fourth-order valence-corrected chi connectivity index (χ4v) is 2.70. The molecule has 1 aromatic carbocycles. The van der Waals surface area contributed by atoms with Crippen molar-refractivity contribution in [3.05, 3.63) is 24.3 Å². The van der Waals surface area contributed by atoms with Crippen LogP contribution in [0, 0.1) is 0 Å². The second-order valence-corrected chi connectivity index (χ2v) is 6.63. The molecular weight excluding hydrogens is 336 g/mol. The first-order chi connectivity index (χ1) is 11.3. The SMILES string of the molecule is CC[NH+](CC(=O)Nc1ccccc1SC(F)F)CC(=O)NC(C)C. The van der Waals surface area contributed by atoms with Gasteiger partial charge in [-0.2, -0.15) is 8.78 Å². The number of para-hydroxylation sites is 1. The number of thioether (sulfide) groups is 1. The van der Waals surface area contributed by atoms with Gasteiger partial charge in [-0.3, -0.25) is 9.59 Å². The standard InChI is InChI=1S/C16H23F2N3O2S/c1-4-21(9-14(22)19-11(2)3)10-15(23)20-12-7-5-6-8-13(12)24-16(17)18/h5-8,11,16H,4,9-10H2,1-3H3,(H,19,22)(H,20,23)/p+1. The fraction of sp³-hybridized carbons (Fsp3) is 0.500. The van der Waals surface area contributed by atoms with E-state index in [4.69, 9.17) is 0 Å². The van der Waals surface area contributed by atoms with Crippen molar-refractivity contribution in [3.8, 4) is 0 Å². The van der Waals surface area contributed by atoms with Crippen molar-refractivity contribution in [1.82, 2.24) is 5.32 Å². The number of benzene rings is 1. The molecule has 134 valence electrons. The summed E-state index contributed by atoms with van der Waals surface area (Å²) in [6, 6.07) is 6.47. The zero-order valence-corrected chi connectivity index (χ0v) is 14.9. The van der Waals surface area contributed by atoms with Gasteiger partial charge < -0.3 is 15.5 Å². The predicted octanol–water partition coefficient (Wildman–Crippen LogP) is 1.37. The van der Waals surface area contributed by atoms with Crippen molar-refractivity contribution in [1.29, 1.82) is 0 Å². The number of hydrogen-bond acceptors (Lipinski definition) is 3. The first-order valence-corrected chi connectivity index (χ1v) is 8.66. The van der Waals surface area contributed by atoms with Gasteiger partial charge >= 0.3 is 0 Å². The van der Waals surface area contributed by atoms with Crippen molar-refractivity contribution in [2.75, 3.05) is 25.0 Å². The molecule has 0 spiro atoms. The lowest BCUT2D eigenvalue weighted by atomic mass is 10.3. The van der Waals surface area contributed by atoms with Gasteiger partial charge in [0.1, 0.15) is 0 Å². The summed E-state index contributed by atoms with van der Waals surface area (Å²) in [6.45, 7) is 6.51. The quantitative estimate of drug-likeness (QED) is 0.583. The number of halogens is 2. The lowest BCUT2D eigenvalue weighted by Gasteiger charge is -2.18. The van der Waals surface area contributed by atoms with E-state index in [0.717, 1.165) is 4.90 Å². The Morgan fingerprint density at radius 1 is 1.17 bits per heavy atom. The Morgan fingerprint density at radius 2 is 1.79 bits per heavy atom. The molecule has 0 radical (unpaired) electrons. The number of alkyl halides is 2. The van der Waals surface area contributed by atoms with Crippen LogP contribution in [-0.4, -0.2) is 43.2 Å². The fourth-order valence-electron chi connectivity index (χ4n) is 2.10. The summed E-state index contributed by atoms with van der Waals surface area (Å²) in [5.41, 5.74) is 0.356. The minimum absolute atomic E-state index is 0.0441. The number of amides is 2. The van der Waals surface area contributed by atoms with Crippen LogP contribution < -0.4 is 15.5 Å². The highest BCUT2D eigenvalue weighted by atomic mass is 32.2. The third kappa shape index (κ3) is 7.74. The van der Waals surface area contributed by atoms with E-state index in [1.807, 2.05) is 20.8 Å². The van der Waals surface area contributed by atoms with Crippen LogP contribution in [0.1, 0.15) is 20.8 Å². The van der Waals surface area contributed by atoms with Crippen LogP contribution >= 0.6 is 11.8 Å². The second-order valence-electron chi connectivity index (χ2n) is 5.60. The van der Waals surface area contributed by atoms with E-state index < -0.39 is 5.76 Å². The van der Waals surface area contributed by atoms with Gasteiger partial charge in [0.25, 0.3) is 17.6 Å². The molecule has 8 heteroatoms. The number of anilines is 1. The molecule has 5 nitrogen and oxygen atoms in total. The first kappa shape index (κ1) is 20.4. The summed E-state index contributed by atoms with van der Waals surface area (Å²) in [5.74, 6) is -2.99. The topological polar surface area (TPSA) is 62.6 Å². The van der Waals surface area contributed by atoms with Gasteiger partial charge in [0.15, 0.2) is 13.1 Å². The number of carbonyl (C=O) groups excluding carboxylic acids is 2. The Balaban J connectivity index is 2.62. The van der Waals surface area contributed by atoms with Crippen LogP contribution in [0.25, 0.3) is 0 Å². The second kappa shape index (κ2) is 10.2. The molecule has 1 atom stereocenters. The molecular formula is C16H24F2N3O2S+. The summed E-state index contributed by atoms with van der Waals surface area (Å²) < 4.78 is 25.1. The van der Waals surface area contributed by atoms with Crippen molar-refractivity contribution in [3.63, 3.8) is 0 Å². The molecule has 0 aliphatic carbocycles. The molecule has 1 unspecified atom stereocenters. The van der Waals surface area contributed by atoms with E-state index in [2.05, 4.69) is 10.6 Å². The number of carbonyl (C=O) groups is 2. The Hall–Kier alpha value is -1.67. The zero-order chi connectivity index (χ0) is 18.1. The zero-order valence-electron chi connectivity index (χ0n) is 14.1. The van der Waals surface area contributed by atoms with Crippen molar-refractivity contribution >= 4 is 29.3 Å². The number of likely N-dealkylation sites (N-methyl/N-ethyl adjacent to an activating group) is 1. The van der Waals surface area contributed by atoms with Gasteiger partial charge in [0, 0.05) is 10.9 Å². The highest BCUT2D eigenvalue weighted by molar-refractivity contribution is 7.99. The highest BCUT2D eigenvalue weighted by Gasteiger charge is 2.18. The first-order valence-electron chi connectivity index (χ1n) is 7.78.